The normalized spacial score (nSPS) is 27.5. The number of benzene rings is 2. The first kappa shape index (κ1) is 31.9. The summed E-state index contributed by atoms with van der Waals surface area (Å²) in [4.78, 5) is 48.7. The lowest BCUT2D eigenvalue weighted by molar-refractivity contribution is -0.154. The second-order valence-electron chi connectivity index (χ2n) is 11.8. The van der Waals surface area contributed by atoms with Crippen LogP contribution in [0.15, 0.2) is 79.9 Å². The van der Waals surface area contributed by atoms with E-state index in [2.05, 4.69) is 38.8 Å². The number of aliphatic hydroxyl groups is 1. The zero-order valence-corrected chi connectivity index (χ0v) is 26.6. The number of rotatable bonds is 13. The van der Waals surface area contributed by atoms with Gasteiger partial charge in [0.1, 0.15) is 12.6 Å². The standard InChI is InChI=1S/C35H43N3O5S/c1-6-19-37(26-17-15-25(16-18-26)36(8-3)9-4)33(41)31-35-23(5)21-28(44-35)29(34(42)43-20-7-2)30(35)32(40)38(31)27(22-39)24-13-11-10-12-14-24/h6-7,10-18,23,27-31,39H,1-2,8-9,19-22H2,3-5H3/t23?,27-,28+,29-,30+,31?,35?/m1/s1. The first-order chi connectivity index (χ1) is 21.3. The third kappa shape index (κ3) is 5.13. The smallest absolute Gasteiger partial charge is 0.311 e. The minimum atomic E-state index is -0.915. The van der Waals surface area contributed by atoms with Crippen molar-refractivity contribution < 1.29 is 24.2 Å². The van der Waals surface area contributed by atoms with Gasteiger partial charge in [0.05, 0.1) is 29.2 Å². The SMILES string of the molecule is C=CCOC(=O)[C@@H]1[C@@H]2CC(C)C3(S2)C(C(=O)N(CC=C)c2ccc(N(CC)CC)cc2)N([C@H](CO)c2ccccc2)C(=O)[C@H]13. The second kappa shape index (κ2) is 13.2. The van der Waals surface area contributed by atoms with Crippen LogP contribution >= 0.6 is 11.8 Å². The van der Waals surface area contributed by atoms with Crippen LogP contribution in [0.25, 0.3) is 0 Å². The van der Waals surface area contributed by atoms with Gasteiger partial charge in [0.15, 0.2) is 0 Å². The molecule has 8 nitrogen and oxygen atoms in total. The quantitative estimate of drug-likeness (QED) is 0.254. The maximum Gasteiger partial charge on any atom is 0.311 e. The molecule has 0 aliphatic carbocycles. The van der Waals surface area contributed by atoms with Gasteiger partial charge in [-0.2, -0.15) is 0 Å². The molecule has 2 aromatic rings. The molecule has 3 saturated heterocycles. The highest BCUT2D eigenvalue weighted by Crippen LogP contribution is 2.69. The van der Waals surface area contributed by atoms with Crippen molar-refractivity contribution in [2.24, 2.45) is 17.8 Å². The van der Waals surface area contributed by atoms with Gasteiger partial charge in [-0.25, -0.2) is 0 Å². The van der Waals surface area contributed by atoms with Crippen molar-refractivity contribution >= 4 is 40.9 Å². The topological polar surface area (TPSA) is 90.4 Å². The maximum atomic E-state index is 15.0. The zero-order valence-electron chi connectivity index (χ0n) is 25.8. The molecule has 1 N–H and O–H groups in total. The Morgan fingerprint density at radius 1 is 1.09 bits per heavy atom. The van der Waals surface area contributed by atoms with Gasteiger partial charge in [-0.15, -0.1) is 18.3 Å². The average Bonchev–Trinajstić information content (AvgIpc) is 3.64. The maximum absolute atomic E-state index is 15.0. The number of ether oxygens (including phenoxy) is 1. The van der Waals surface area contributed by atoms with Crippen LogP contribution in [0.4, 0.5) is 11.4 Å². The number of aliphatic hydroxyl groups excluding tert-OH is 1. The number of nitrogens with zero attached hydrogens (tertiary/aromatic N) is 3. The fourth-order valence-corrected chi connectivity index (χ4v) is 10.0. The first-order valence-corrected chi connectivity index (χ1v) is 16.4. The Morgan fingerprint density at radius 2 is 1.75 bits per heavy atom. The van der Waals surface area contributed by atoms with E-state index in [4.69, 9.17) is 4.74 Å². The number of amides is 2. The number of fused-ring (bicyclic) bond motifs is 1. The number of likely N-dealkylation sites (tertiary alicyclic amines) is 1. The second-order valence-corrected chi connectivity index (χ2v) is 13.3. The monoisotopic (exact) mass is 617 g/mol. The molecular weight excluding hydrogens is 574 g/mol. The fraction of sp³-hybridized carbons (Fsp3) is 0.457. The molecule has 0 radical (unpaired) electrons. The predicted octanol–water partition coefficient (Wildman–Crippen LogP) is 4.85. The predicted molar refractivity (Wildman–Crippen MR) is 175 cm³/mol. The Hall–Kier alpha value is -3.56. The summed E-state index contributed by atoms with van der Waals surface area (Å²) in [6, 6.07) is 15.5. The van der Waals surface area contributed by atoms with Crippen molar-refractivity contribution in [3.63, 3.8) is 0 Å². The van der Waals surface area contributed by atoms with Crippen LogP contribution < -0.4 is 9.80 Å². The molecule has 2 aromatic carbocycles. The van der Waals surface area contributed by atoms with Gasteiger partial charge >= 0.3 is 5.97 Å². The summed E-state index contributed by atoms with van der Waals surface area (Å²) in [7, 11) is 0. The van der Waals surface area contributed by atoms with Gasteiger partial charge in [0.2, 0.25) is 5.91 Å². The van der Waals surface area contributed by atoms with Crippen molar-refractivity contribution in [3.8, 4) is 0 Å². The molecule has 3 aliphatic rings. The van der Waals surface area contributed by atoms with Crippen molar-refractivity contribution in [2.75, 3.05) is 42.6 Å². The van der Waals surface area contributed by atoms with Gasteiger partial charge in [-0.3, -0.25) is 14.4 Å². The molecule has 44 heavy (non-hydrogen) atoms. The van der Waals surface area contributed by atoms with Crippen molar-refractivity contribution in [1.82, 2.24) is 4.90 Å². The molecule has 2 amide bonds. The third-order valence-corrected chi connectivity index (χ3v) is 11.7. The molecule has 3 heterocycles. The minimum Gasteiger partial charge on any atom is -0.461 e. The van der Waals surface area contributed by atoms with Gasteiger partial charge in [0, 0.05) is 36.3 Å². The number of anilines is 2. The molecule has 7 atom stereocenters. The number of thioether (sulfide) groups is 1. The van der Waals surface area contributed by atoms with E-state index >= 15 is 4.79 Å². The molecular formula is C35H43N3O5S. The Kier molecular flexibility index (Phi) is 9.56. The number of hydrogen-bond acceptors (Lipinski definition) is 7. The summed E-state index contributed by atoms with van der Waals surface area (Å²) in [5, 5.41) is 10.6. The van der Waals surface area contributed by atoms with E-state index < -0.39 is 34.6 Å². The highest BCUT2D eigenvalue weighted by Gasteiger charge is 2.77. The van der Waals surface area contributed by atoms with Crippen molar-refractivity contribution in [3.05, 3.63) is 85.5 Å². The van der Waals surface area contributed by atoms with Gasteiger partial charge in [-0.05, 0) is 56.0 Å². The van der Waals surface area contributed by atoms with Gasteiger partial charge in [-0.1, -0.05) is 56.0 Å². The number of hydrogen-bond donors (Lipinski definition) is 1. The molecule has 5 rings (SSSR count). The van der Waals surface area contributed by atoms with Gasteiger partial charge in [0.25, 0.3) is 5.91 Å². The highest BCUT2D eigenvalue weighted by atomic mass is 32.2. The summed E-state index contributed by atoms with van der Waals surface area (Å²) in [5.74, 6) is -2.42. The van der Waals surface area contributed by atoms with Crippen LogP contribution in [0.5, 0.6) is 0 Å². The summed E-state index contributed by atoms with van der Waals surface area (Å²) in [5.41, 5.74) is 2.49. The van der Waals surface area contributed by atoms with E-state index in [9.17, 15) is 14.7 Å². The Balaban J connectivity index is 1.63. The van der Waals surface area contributed by atoms with Crippen LogP contribution in [0.3, 0.4) is 0 Å². The van der Waals surface area contributed by atoms with Crippen LogP contribution in [-0.4, -0.2) is 76.7 Å². The summed E-state index contributed by atoms with van der Waals surface area (Å²) >= 11 is 1.59. The van der Waals surface area contributed by atoms with Crippen LogP contribution in [-0.2, 0) is 19.1 Å². The van der Waals surface area contributed by atoms with Crippen LogP contribution in [0.2, 0.25) is 0 Å². The molecule has 3 aliphatic heterocycles. The third-order valence-electron chi connectivity index (χ3n) is 9.59. The fourth-order valence-electron chi connectivity index (χ4n) is 7.64. The van der Waals surface area contributed by atoms with Gasteiger partial charge < -0.3 is 24.5 Å². The van der Waals surface area contributed by atoms with E-state index in [1.165, 1.54) is 6.08 Å². The first-order valence-electron chi connectivity index (χ1n) is 15.5. The molecule has 0 aromatic heterocycles. The molecule has 3 unspecified atom stereocenters. The highest BCUT2D eigenvalue weighted by molar-refractivity contribution is 8.02. The van der Waals surface area contributed by atoms with E-state index in [0.717, 1.165) is 24.3 Å². The number of esters is 1. The van der Waals surface area contributed by atoms with Crippen molar-refractivity contribution in [1.29, 1.82) is 0 Å². The lowest BCUT2D eigenvalue weighted by atomic mass is 9.66. The number of carbonyl (C=O) groups is 3. The Bertz CT molecular complexity index is 1380. The summed E-state index contributed by atoms with van der Waals surface area (Å²) in [6.45, 7) is 15.5. The summed E-state index contributed by atoms with van der Waals surface area (Å²) in [6.07, 6.45) is 3.89. The number of carbonyl (C=O) groups excluding carboxylic acids is 3. The van der Waals surface area contributed by atoms with E-state index in [1.807, 2.05) is 54.6 Å². The summed E-state index contributed by atoms with van der Waals surface area (Å²) < 4.78 is 4.66. The average molecular weight is 618 g/mol. The molecule has 2 bridgehead atoms. The zero-order chi connectivity index (χ0) is 31.6. The minimum absolute atomic E-state index is 0.0282. The Morgan fingerprint density at radius 3 is 2.34 bits per heavy atom. The molecule has 9 heteroatoms. The Labute approximate surface area is 264 Å². The lowest BCUT2D eigenvalue weighted by Crippen LogP contribution is -2.58. The molecule has 0 saturated carbocycles. The van der Waals surface area contributed by atoms with Crippen LogP contribution in [0, 0.1) is 17.8 Å². The van der Waals surface area contributed by atoms with E-state index in [1.54, 1.807) is 27.6 Å². The molecule has 1 spiro atoms. The van der Waals surface area contributed by atoms with Crippen LogP contribution in [0.1, 0.15) is 38.8 Å². The molecule has 234 valence electrons. The van der Waals surface area contributed by atoms with E-state index in [0.29, 0.717) is 12.1 Å². The lowest BCUT2D eigenvalue weighted by Gasteiger charge is -2.42. The van der Waals surface area contributed by atoms with E-state index in [-0.39, 0.29) is 42.7 Å². The van der Waals surface area contributed by atoms with Crippen molar-refractivity contribution in [2.45, 2.75) is 49.3 Å². The molecule has 3 fully saturated rings. The largest absolute Gasteiger partial charge is 0.461 e.